The van der Waals surface area contributed by atoms with Gasteiger partial charge in [0.05, 0.1) is 6.10 Å². The van der Waals surface area contributed by atoms with Gasteiger partial charge in [0.2, 0.25) is 0 Å². The molecule has 0 fully saturated rings. The first-order chi connectivity index (χ1) is 5.45. The van der Waals surface area contributed by atoms with E-state index in [0.29, 0.717) is 11.8 Å². The maximum atomic E-state index is 9.71. The molecule has 0 bridgehead atoms. The highest BCUT2D eigenvalue weighted by Gasteiger charge is 2.17. The van der Waals surface area contributed by atoms with Crippen molar-refractivity contribution in [3.05, 3.63) is 0 Å². The van der Waals surface area contributed by atoms with Crippen molar-refractivity contribution in [2.45, 2.75) is 53.6 Å². The van der Waals surface area contributed by atoms with Gasteiger partial charge in [-0.05, 0) is 24.2 Å². The Morgan fingerprint density at radius 2 is 1.42 bits per heavy atom. The van der Waals surface area contributed by atoms with Crippen LogP contribution in [-0.4, -0.2) is 11.2 Å². The summed E-state index contributed by atoms with van der Waals surface area (Å²) in [5.41, 5.74) is 0. The standard InChI is InChI=1S/C11H24O/c1-8(2)6-7-10(5)11(12)9(3)4/h8-12H,6-7H2,1-5H3. The lowest BCUT2D eigenvalue weighted by atomic mass is 9.89. The van der Waals surface area contributed by atoms with Gasteiger partial charge in [-0.15, -0.1) is 0 Å². The fourth-order valence-electron chi connectivity index (χ4n) is 1.42. The molecule has 0 saturated carbocycles. The fraction of sp³-hybridized carbons (Fsp3) is 1.00. The van der Waals surface area contributed by atoms with Gasteiger partial charge in [-0.3, -0.25) is 0 Å². The molecule has 2 unspecified atom stereocenters. The van der Waals surface area contributed by atoms with Gasteiger partial charge in [-0.25, -0.2) is 0 Å². The van der Waals surface area contributed by atoms with Gasteiger partial charge < -0.3 is 5.11 Å². The fourth-order valence-corrected chi connectivity index (χ4v) is 1.42. The lowest BCUT2D eigenvalue weighted by Gasteiger charge is -2.22. The molecule has 0 rings (SSSR count). The van der Waals surface area contributed by atoms with Gasteiger partial charge in [0.1, 0.15) is 0 Å². The van der Waals surface area contributed by atoms with E-state index in [0.717, 1.165) is 12.3 Å². The monoisotopic (exact) mass is 172 g/mol. The van der Waals surface area contributed by atoms with E-state index in [1.165, 1.54) is 6.42 Å². The van der Waals surface area contributed by atoms with Crippen LogP contribution in [0.2, 0.25) is 0 Å². The molecule has 0 heterocycles. The highest BCUT2D eigenvalue weighted by molar-refractivity contribution is 4.68. The highest BCUT2D eigenvalue weighted by atomic mass is 16.3. The lowest BCUT2D eigenvalue weighted by Crippen LogP contribution is -2.23. The first-order valence-corrected chi connectivity index (χ1v) is 5.13. The number of aliphatic hydroxyl groups is 1. The number of hydrogen-bond acceptors (Lipinski definition) is 1. The average Bonchev–Trinajstić information content (AvgIpc) is 1.98. The molecule has 0 aliphatic heterocycles. The quantitative estimate of drug-likeness (QED) is 0.675. The molecule has 0 aliphatic rings. The molecule has 0 aromatic heterocycles. The van der Waals surface area contributed by atoms with Crippen molar-refractivity contribution in [2.24, 2.45) is 17.8 Å². The molecule has 1 nitrogen and oxygen atoms in total. The summed E-state index contributed by atoms with van der Waals surface area (Å²) >= 11 is 0. The van der Waals surface area contributed by atoms with Crippen LogP contribution in [-0.2, 0) is 0 Å². The summed E-state index contributed by atoms with van der Waals surface area (Å²) < 4.78 is 0. The zero-order chi connectivity index (χ0) is 9.72. The van der Waals surface area contributed by atoms with Gasteiger partial charge in [0.15, 0.2) is 0 Å². The summed E-state index contributed by atoms with van der Waals surface area (Å²) in [6.07, 6.45) is 2.26. The Labute approximate surface area is 77.2 Å². The second-order valence-corrected chi connectivity index (χ2v) is 4.68. The molecular weight excluding hydrogens is 148 g/mol. The van der Waals surface area contributed by atoms with E-state index in [1.54, 1.807) is 0 Å². The molecule has 0 aliphatic carbocycles. The smallest absolute Gasteiger partial charge is 0.0588 e. The van der Waals surface area contributed by atoms with Crippen molar-refractivity contribution >= 4 is 0 Å². The van der Waals surface area contributed by atoms with E-state index >= 15 is 0 Å². The van der Waals surface area contributed by atoms with E-state index < -0.39 is 0 Å². The molecule has 1 N–H and O–H groups in total. The van der Waals surface area contributed by atoms with Crippen LogP contribution in [0.15, 0.2) is 0 Å². The van der Waals surface area contributed by atoms with Gasteiger partial charge in [-0.2, -0.15) is 0 Å². The van der Waals surface area contributed by atoms with Crippen molar-refractivity contribution in [1.82, 2.24) is 0 Å². The second-order valence-electron chi connectivity index (χ2n) is 4.68. The third-order valence-corrected chi connectivity index (χ3v) is 2.47. The van der Waals surface area contributed by atoms with Gasteiger partial charge in [-0.1, -0.05) is 41.0 Å². The normalized spacial score (nSPS) is 17.0. The second kappa shape index (κ2) is 5.58. The summed E-state index contributed by atoms with van der Waals surface area (Å²) in [6, 6.07) is 0. The van der Waals surface area contributed by atoms with Crippen LogP contribution in [0.4, 0.5) is 0 Å². The van der Waals surface area contributed by atoms with Gasteiger partial charge in [0, 0.05) is 0 Å². The number of hydrogen-bond donors (Lipinski definition) is 1. The molecule has 0 aromatic rings. The van der Waals surface area contributed by atoms with Crippen molar-refractivity contribution in [3.8, 4) is 0 Å². The van der Waals surface area contributed by atoms with Crippen molar-refractivity contribution < 1.29 is 5.11 Å². The van der Waals surface area contributed by atoms with E-state index in [4.69, 9.17) is 0 Å². The van der Waals surface area contributed by atoms with E-state index in [1.807, 2.05) is 0 Å². The minimum atomic E-state index is -0.122. The third-order valence-electron chi connectivity index (χ3n) is 2.47. The van der Waals surface area contributed by atoms with Crippen LogP contribution in [0, 0.1) is 17.8 Å². The Morgan fingerprint density at radius 3 is 1.75 bits per heavy atom. The zero-order valence-electron chi connectivity index (χ0n) is 9.17. The molecule has 0 radical (unpaired) electrons. The van der Waals surface area contributed by atoms with E-state index in [2.05, 4.69) is 34.6 Å². The zero-order valence-corrected chi connectivity index (χ0v) is 9.17. The van der Waals surface area contributed by atoms with Crippen molar-refractivity contribution in [3.63, 3.8) is 0 Å². The molecule has 0 spiro atoms. The predicted molar refractivity (Wildman–Crippen MR) is 54.1 cm³/mol. The third kappa shape index (κ3) is 4.76. The summed E-state index contributed by atoms with van der Waals surface area (Å²) in [7, 11) is 0. The summed E-state index contributed by atoms with van der Waals surface area (Å²) in [5, 5.41) is 9.71. The van der Waals surface area contributed by atoms with Crippen LogP contribution in [0.3, 0.4) is 0 Å². The molecule has 12 heavy (non-hydrogen) atoms. The van der Waals surface area contributed by atoms with Crippen LogP contribution in [0.1, 0.15) is 47.5 Å². The molecule has 1 heteroatoms. The van der Waals surface area contributed by atoms with Crippen molar-refractivity contribution in [1.29, 1.82) is 0 Å². The average molecular weight is 172 g/mol. The summed E-state index contributed by atoms with van der Waals surface area (Å²) in [6.45, 7) is 10.8. The van der Waals surface area contributed by atoms with E-state index in [9.17, 15) is 5.11 Å². The highest BCUT2D eigenvalue weighted by Crippen LogP contribution is 2.19. The number of rotatable bonds is 5. The lowest BCUT2D eigenvalue weighted by molar-refractivity contribution is 0.0660. The van der Waals surface area contributed by atoms with Crippen LogP contribution < -0.4 is 0 Å². The molecular formula is C11H24O. The molecule has 74 valence electrons. The molecule has 0 amide bonds. The summed E-state index contributed by atoms with van der Waals surface area (Å²) in [5.74, 6) is 1.60. The summed E-state index contributed by atoms with van der Waals surface area (Å²) in [4.78, 5) is 0. The Kier molecular flexibility index (Phi) is 5.56. The minimum Gasteiger partial charge on any atom is -0.393 e. The Hall–Kier alpha value is -0.0400. The first-order valence-electron chi connectivity index (χ1n) is 5.13. The maximum Gasteiger partial charge on any atom is 0.0588 e. The molecule has 0 saturated heterocycles. The number of aliphatic hydroxyl groups excluding tert-OH is 1. The molecule has 0 aromatic carbocycles. The molecule has 2 atom stereocenters. The Balaban J connectivity index is 3.64. The van der Waals surface area contributed by atoms with E-state index in [-0.39, 0.29) is 6.10 Å². The van der Waals surface area contributed by atoms with Gasteiger partial charge >= 0.3 is 0 Å². The van der Waals surface area contributed by atoms with Crippen LogP contribution >= 0.6 is 0 Å². The van der Waals surface area contributed by atoms with Crippen molar-refractivity contribution in [2.75, 3.05) is 0 Å². The largest absolute Gasteiger partial charge is 0.393 e. The first kappa shape index (κ1) is 12.0. The maximum absolute atomic E-state index is 9.71. The Morgan fingerprint density at radius 1 is 0.917 bits per heavy atom. The van der Waals surface area contributed by atoms with Gasteiger partial charge in [0.25, 0.3) is 0 Å². The Bertz CT molecular complexity index is 108. The van der Waals surface area contributed by atoms with Crippen LogP contribution in [0.25, 0.3) is 0 Å². The topological polar surface area (TPSA) is 20.2 Å². The minimum absolute atomic E-state index is 0.122. The van der Waals surface area contributed by atoms with Crippen LogP contribution in [0.5, 0.6) is 0 Å². The predicted octanol–water partition coefficient (Wildman–Crippen LogP) is 3.08. The SMILES string of the molecule is CC(C)CCC(C)C(O)C(C)C.